The van der Waals surface area contributed by atoms with E-state index < -0.39 is 0 Å². The van der Waals surface area contributed by atoms with Crippen LogP contribution in [0.2, 0.25) is 0 Å². The van der Waals surface area contributed by atoms with E-state index in [0.717, 1.165) is 36.8 Å². The lowest BCUT2D eigenvalue weighted by Crippen LogP contribution is -2.47. The normalized spacial score (nSPS) is 19.7. The number of nitrogen functional groups attached to an aromatic ring is 1. The predicted octanol–water partition coefficient (Wildman–Crippen LogP) is 2.47. The van der Waals surface area contributed by atoms with Crippen molar-refractivity contribution in [2.45, 2.75) is 13.0 Å². The van der Waals surface area contributed by atoms with E-state index in [4.69, 9.17) is 5.73 Å². The van der Waals surface area contributed by atoms with Gasteiger partial charge in [0.15, 0.2) is 5.82 Å². The zero-order valence-corrected chi connectivity index (χ0v) is 12.7. The highest BCUT2D eigenvalue weighted by atomic mass is 15.3. The van der Waals surface area contributed by atoms with Crippen LogP contribution in [0.4, 0.5) is 11.5 Å². The van der Waals surface area contributed by atoms with E-state index in [2.05, 4.69) is 52.2 Å². The van der Waals surface area contributed by atoms with Gasteiger partial charge in [0.2, 0.25) is 0 Å². The van der Waals surface area contributed by atoms with Crippen molar-refractivity contribution in [2.75, 3.05) is 37.3 Å². The molecular formula is C17H22N4. The van der Waals surface area contributed by atoms with Gasteiger partial charge in [-0.1, -0.05) is 30.3 Å². The van der Waals surface area contributed by atoms with Gasteiger partial charge in [0, 0.05) is 25.3 Å². The van der Waals surface area contributed by atoms with Gasteiger partial charge in [-0.15, -0.1) is 0 Å². The maximum atomic E-state index is 6.18. The van der Waals surface area contributed by atoms with Crippen molar-refractivity contribution in [3.05, 3.63) is 53.7 Å². The Kier molecular flexibility index (Phi) is 3.80. The third-order valence-electron chi connectivity index (χ3n) is 4.08. The highest BCUT2D eigenvalue weighted by Gasteiger charge is 2.28. The summed E-state index contributed by atoms with van der Waals surface area (Å²) < 4.78 is 0. The summed E-state index contributed by atoms with van der Waals surface area (Å²) in [5.41, 5.74) is 9.25. The van der Waals surface area contributed by atoms with Crippen molar-refractivity contribution in [1.82, 2.24) is 9.88 Å². The third-order valence-corrected chi connectivity index (χ3v) is 4.08. The van der Waals surface area contributed by atoms with Gasteiger partial charge in [-0.2, -0.15) is 0 Å². The number of benzene rings is 1. The molecule has 1 aromatic heterocycles. The molecule has 4 nitrogen and oxygen atoms in total. The van der Waals surface area contributed by atoms with Crippen LogP contribution >= 0.6 is 0 Å². The molecule has 0 bridgehead atoms. The molecule has 1 aromatic carbocycles. The van der Waals surface area contributed by atoms with Crippen LogP contribution in [0.3, 0.4) is 0 Å². The lowest BCUT2D eigenvalue weighted by molar-refractivity contribution is 0.268. The second-order valence-corrected chi connectivity index (χ2v) is 5.75. The maximum Gasteiger partial charge on any atom is 0.152 e. The molecular weight excluding hydrogens is 260 g/mol. The zero-order chi connectivity index (χ0) is 14.8. The Morgan fingerprint density at radius 2 is 1.86 bits per heavy atom. The number of piperazine rings is 1. The number of hydrogen-bond donors (Lipinski definition) is 1. The number of aryl methyl sites for hydroxylation is 1. The van der Waals surface area contributed by atoms with Gasteiger partial charge in [0.05, 0.1) is 11.7 Å². The average molecular weight is 282 g/mol. The maximum absolute atomic E-state index is 6.18. The molecule has 21 heavy (non-hydrogen) atoms. The molecule has 1 aliphatic heterocycles. The summed E-state index contributed by atoms with van der Waals surface area (Å²) in [5.74, 6) is 0.914. The summed E-state index contributed by atoms with van der Waals surface area (Å²) in [4.78, 5) is 9.39. The Labute approximate surface area is 126 Å². The van der Waals surface area contributed by atoms with E-state index >= 15 is 0 Å². The molecule has 1 fully saturated rings. The molecule has 0 spiro atoms. The largest absolute Gasteiger partial charge is 0.396 e. The van der Waals surface area contributed by atoms with Gasteiger partial charge in [-0.05, 0) is 31.7 Å². The van der Waals surface area contributed by atoms with Crippen molar-refractivity contribution < 1.29 is 0 Å². The number of rotatable bonds is 2. The van der Waals surface area contributed by atoms with E-state index in [-0.39, 0.29) is 0 Å². The SMILES string of the molecule is Cc1ccc(N)c(N2CCN(C)CC2c2ccccc2)n1. The average Bonchev–Trinajstić information content (AvgIpc) is 2.51. The quantitative estimate of drug-likeness (QED) is 0.919. The van der Waals surface area contributed by atoms with E-state index in [0.29, 0.717) is 6.04 Å². The monoisotopic (exact) mass is 282 g/mol. The van der Waals surface area contributed by atoms with Crippen LogP contribution in [0.1, 0.15) is 17.3 Å². The Morgan fingerprint density at radius 1 is 1.10 bits per heavy atom. The van der Waals surface area contributed by atoms with Gasteiger partial charge in [-0.3, -0.25) is 0 Å². The zero-order valence-electron chi connectivity index (χ0n) is 12.7. The fourth-order valence-corrected chi connectivity index (χ4v) is 2.92. The molecule has 0 saturated carbocycles. The Morgan fingerprint density at radius 3 is 2.62 bits per heavy atom. The molecule has 0 radical (unpaired) electrons. The van der Waals surface area contributed by atoms with E-state index in [1.807, 2.05) is 19.1 Å². The molecule has 110 valence electrons. The molecule has 1 saturated heterocycles. The standard InChI is InChI=1S/C17H22N4/c1-13-8-9-15(18)17(19-13)21-11-10-20(2)12-16(21)14-6-4-3-5-7-14/h3-9,16H,10-12,18H2,1-2H3. The minimum atomic E-state index is 0.293. The van der Waals surface area contributed by atoms with Gasteiger partial charge < -0.3 is 15.5 Å². The van der Waals surface area contributed by atoms with E-state index in [9.17, 15) is 0 Å². The minimum Gasteiger partial charge on any atom is -0.396 e. The first-order chi connectivity index (χ1) is 10.1. The first-order valence-corrected chi connectivity index (χ1v) is 7.38. The van der Waals surface area contributed by atoms with Crippen LogP contribution in [0.5, 0.6) is 0 Å². The fraction of sp³-hybridized carbons (Fsp3) is 0.353. The second-order valence-electron chi connectivity index (χ2n) is 5.75. The highest BCUT2D eigenvalue weighted by Crippen LogP contribution is 2.32. The first kappa shape index (κ1) is 13.9. The number of anilines is 2. The Bertz CT molecular complexity index is 611. The van der Waals surface area contributed by atoms with Gasteiger partial charge in [0.1, 0.15) is 0 Å². The van der Waals surface area contributed by atoms with Gasteiger partial charge in [-0.25, -0.2) is 4.98 Å². The van der Waals surface area contributed by atoms with Crippen LogP contribution in [0.15, 0.2) is 42.5 Å². The number of hydrogen-bond acceptors (Lipinski definition) is 4. The molecule has 4 heteroatoms. The molecule has 2 aromatic rings. The Balaban J connectivity index is 2.00. The summed E-state index contributed by atoms with van der Waals surface area (Å²) in [6.07, 6.45) is 0. The fourth-order valence-electron chi connectivity index (χ4n) is 2.92. The van der Waals surface area contributed by atoms with Gasteiger partial charge >= 0.3 is 0 Å². The molecule has 1 atom stereocenters. The highest BCUT2D eigenvalue weighted by molar-refractivity contribution is 5.64. The van der Waals surface area contributed by atoms with Crippen LogP contribution < -0.4 is 10.6 Å². The molecule has 1 unspecified atom stereocenters. The summed E-state index contributed by atoms with van der Waals surface area (Å²) in [6.45, 7) is 4.96. The van der Waals surface area contributed by atoms with Crippen molar-refractivity contribution in [3.8, 4) is 0 Å². The van der Waals surface area contributed by atoms with Crippen molar-refractivity contribution >= 4 is 11.5 Å². The van der Waals surface area contributed by atoms with E-state index in [1.54, 1.807) is 0 Å². The smallest absolute Gasteiger partial charge is 0.152 e. The topological polar surface area (TPSA) is 45.4 Å². The number of nitrogens with two attached hydrogens (primary N) is 1. The molecule has 2 N–H and O–H groups in total. The van der Waals surface area contributed by atoms with Crippen LogP contribution in [0.25, 0.3) is 0 Å². The molecule has 2 heterocycles. The van der Waals surface area contributed by atoms with Gasteiger partial charge in [0.25, 0.3) is 0 Å². The van der Waals surface area contributed by atoms with Crippen LogP contribution in [0, 0.1) is 6.92 Å². The molecule has 0 aliphatic carbocycles. The van der Waals surface area contributed by atoms with Crippen molar-refractivity contribution in [1.29, 1.82) is 0 Å². The lowest BCUT2D eigenvalue weighted by atomic mass is 10.0. The third kappa shape index (κ3) is 2.85. The van der Waals surface area contributed by atoms with Crippen molar-refractivity contribution in [2.24, 2.45) is 0 Å². The Hall–Kier alpha value is -2.07. The van der Waals surface area contributed by atoms with E-state index in [1.165, 1.54) is 5.56 Å². The van der Waals surface area contributed by atoms with Crippen LogP contribution in [-0.4, -0.2) is 36.6 Å². The number of pyridine rings is 1. The summed E-state index contributed by atoms with van der Waals surface area (Å²) >= 11 is 0. The van der Waals surface area contributed by atoms with Crippen LogP contribution in [-0.2, 0) is 0 Å². The molecule has 3 rings (SSSR count). The predicted molar refractivity (Wildman–Crippen MR) is 87.4 cm³/mol. The minimum absolute atomic E-state index is 0.293. The van der Waals surface area contributed by atoms with Crippen molar-refractivity contribution in [3.63, 3.8) is 0 Å². The molecule has 1 aliphatic rings. The molecule has 0 amide bonds. The second kappa shape index (κ2) is 5.74. The number of nitrogens with zero attached hydrogens (tertiary/aromatic N) is 3. The summed E-state index contributed by atoms with van der Waals surface area (Å²) in [5, 5.41) is 0. The summed E-state index contributed by atoms with van der Waals surface area (Å²) in [7, 11) is 2.17. The lowest BCUT2D eigenvalue weighted by Gasteiger charge is -2.41. The number of aromatic nitrogens is 1. The summed E-state index contributed by atoms with van der Waals surface area (Å²) in [6, 6.07) is 14.8. The first-order valence-electron chi connectivity index (χ1n) is 7.38. The number of likely N-dealkylation sites (N-methyl/N-ethyl adjacent to an activating group) is 1.